The van der Waals surface area contributed by atoms with Gasteiger partial charge in [-0.2, -0.15) is 4.98 Å². The first-order valence-corrected chi connectivity index (χ1v) is 4.51. The van der Waals surface area contributed by atoms with E-state index in [1.165, 1.54) is 11.3 Å². The number of hydrogen-bond acceptors (Lipinski definition) is 5. The zero-order valence-electron chi connectivity index (χ0n) is 7.06. The Labute approximate surface area is 75.1 Å². The lowest BCUT2D eigenvalue weighted by atomic mass is 10.3. The van der Waals surface area contributed by atoms with E-state index < -0.39 is 0 Å². The lowest BCUT2D eigenvalue weighted by molar-refractivity contribution is 0.270. The van der Waals surface area contributed by atoms with Crippen molar-refractivity contribution >= 4 is 16.5 Å². The fraction of sp³-hybridized carbons (Fsp3) is 0.571. The van der Waals surface area contributed by atoms with Gasteiger partial charge < -0.3 is 15.1 Å². The third-order valence-corrected chi connectivity index (χ3v) is 2.63. The average Bonchev–Trinajstić information content (AvgIpc) is 2.49. The highest BCUT2D eigenvalue weighted by atomic mass is 32.1. The molecule has 2 N–H and O–H groups in total. The van der Waals surface area contributed by atoms with Crippen molar-refractivity contribution in [2.45, 2.75) is 13.0 Å². The lowest BCUT2D eigenvalue weighted by Crippen LogP contribution is -2.31. The van der Waals surface area contributed by atoms with Crippen LogP contribution in [0, 0.1) is 0 Å². The summed E-state index contributed by atoms with van der Waals surface area (Å²) in [5.41, 5.74) is 0. The molecule has 1 aromatic heterocycles. The maximum Gasteiger partial charge on any atom is 0.223 e. The number of rotatable bonds is 3. The molecule has 0 saturated carbocycles. The van der Waals surface area contributed by atoms with Crippen molar-refractivity contribution in [3.05, 3.63) is 5.38 Å². The van der Waals surface area contributed by atoms with Crippen LogP contribution >= 0.6 is 11.3 Å². The molecule has 68 valence electrons. The molecule has 0 aliphatic rings. The van der Waals surface area contributed by atoms with Gasteiger partial charge in [-0.05, 0) is 6.92 Å². The smallest absolute Gasteiger partial charge is 0.223 e. The standard InChI is InChI=1S/C7H12N2O2S/c1-5(3-10)9(2)7-8-6(11)4-12-7/h4-5,10-11H,3H2,1-2H3. The molecule has 1 atom stereocenters. The summed E-state index contributed by atoms with van der Waals surface area (Å²) in [7, 11) is 1.83. The summed E-state index contributed by atoms with van der Waals surface area (Å²) >= 11 is 1.36. The summed E-state index contributed by atoms with van der Waals surface area (Å²) in [6.45, 7) is 1.97. The molecule has 12 heavy (non-hydrogen) atoms. The van der Waals surface area contributed by atoms with Gasteiger partial charge in [-0.3, -0.25) is 0 Å². The number of aliphatic hydroxyl groups is 1. The van der Waals surface area contributed by atoms with Gasteiger partial charge in [0.25, 0.3) is 0 Å². The summed E-state index contributed by atoms with van der Waals surface area (Å²) in [6, 6.07) is 0.0237. The number of aliphatic hydroxyl groups excluding tert-OH is 1. The van der Waals surface area contributed by atoms with Gasteiger partial charge in [-0.1, -0.05) is 0 Å². The summed E-state index contributed by atoms with van der Waals surface area (Å²) in [6.07, 6.45) is 0. The lowest BCUT2D eigenvalue weighted by Gasteiger charge is -2.21. The third kappa shape index (κ3) is 1.86. The minimum absolute atomic E-state index is 0.0237. The number of thiazole rings is 1. The second-order valence-electron chi connectivity index (χ2n) is 2.63. The summed E-state index contributed by atoms with van der Waals surface area (Å²) in [5, 5.41) is 20.1. The first-order chi connectivity index (χ1) is 5.65. The fourth-order valence-corrected chi connectivity index (χ4v) is 1.49. The minimum atomic E-state index is 0.0237. The van der Waals surface area contributed by atoms with Gasteiger partial charge in [-0.25, -0.2) is 0 Å². The topological polar surface area (TPSA) is 56.6 Å². The normalized spacial score (nSPS) is 12.9. The Hall–Kier alpha value is -0.810. The van der Waals surface area contributed by atoms with E-state index in [9.17, 15) is 0 Å². The molecule has 0 saturated heterocycles. The largest absolute Gasteiger partial charge is 0.493 e. The van der Waals surface area contributed by atoms with Gasteiger partial charge >= 0.3 is 0 Å². The van der Waals surface area contributed by atoms with E-state index in [4.69, 9.17) is 10.2 Å². The molecule has 0 bridgehead atoms. The quantitative estimate of drug-likeness (QED) is 0.732. The molecule has 0 aliphatic carbocycles. The molecular weight excluding hydrogens is 176 g/mol. The number of likely N-dealkylation sites (N-methyl/N-ethyl adjacent to an activating group) is 1. The SMILES string of the molecule is CC(CO)N(C)c1nc(O)cs1. The van der Waals surface area contributed by atoms with Gasteiger partial charge in [0, 0.05) is 7.05 Å². The molecule has 5 heteroatoms. The van der Waals surface area contributed by atoms with E-state index in [0.717, 1.165) is 0 Å². The monoisotopic (exact) mass is 188 g/mol. The van der Waals surface area contributed by atoms with Crippen LogP contribution in [-0.4, -0.2) is 34.9 Å². The molecule has 4 nitrogen and oxygen atoms in total. The maximum atomic E-state index is 8.97. The number of anilines is 1. The third-order valence-electron chi connectivity index (χ3n) is 1.71. The van der Waals surface area contributed by atoms with E-state index in [2.05, 4.69) is 4.98 Å². The highest BCUT2D eigenvalue weighted by Crippen LogP contribution is 2.23. The second-order valence-corrected chi connectivity index (χ2v) is 3.47. The van der Waals surface area contributed by atoms with Crippen LogP contribution in [0.3, 0.4) is 0 Å². The molecule has 0 fully saturated rings. The van der Waals surface area contributed by atoms with Crippen molar-refractivity contribution in [3.63, 3.8) is 0 Å². The molecule has 0 spiro atoms. The van der Waals surface area contributed by atoms with E-state index in [1.807, 2.05) is 18.9 Å². The highest BCUT2D eigenvalue weighted by molar-refractivity contribution is 7.13. The van der Waals surface area contributed by atoms with Crippen molar-refractivity contribution in [2.24, 2.45) is 0 Å². The van der Waals surface area contributed by atoms with Crippen LogP contribution in [0.15, 0.2) is 5.38 Å². The van der Waals surface area contributed by atoms with Crippen LogP contribution in [0.1, 0.15) is 6.92 Å². The van der Waals surface area contributed by atoms with E-state index in [-0.39, 0.29) is 18.5 Å². The van der Waals surface area contributed by atoms with E-state index in [0.29, 0.717) is 5.13 Å². The molecule has 1 heterocycles. The van der Waals surface area contributed by atoms with Gasteiger partial charge in [0.15, 0.2) is 5.13 Å². The van der Waals surface area contributed by atoms with Crippen molar-refractivity contribution in [2.75, 3.05) is 18.6 Å². The van der Waals surface area contributed by atoms with Gasteiger partial charge in [0.05, 0.1) is 18.0 Å². The Kier molecular flexibility index (Phi) is 2.88. The molecule has 0 radical (unpaired) electrons. The number of nitrogens with zero attached hydrogens (tertiary/aromatic N) is 2. The molecule has 1 aromatic rings. The Morgan fingerprint density at radius 1 is 1.75 bits per heavy atom. The Morgan fingerprint density at radius 2 is 2.42 bits per heavy atom. The average molecular weight is 188 g/mol. The summed E-state index contributed by atoms with van der Waals surface area (Å²) in [4.78, 5) is 5.69. The van der Waals surface area contributed by atoms with Gasteiger partial charge in [-0.15, -0.1) is 11.3 Å². The Morgan fingerprint density at radius 3 is 2.83 bits per heavy atom. The highest BCUT2D eigenvalue weighted by Gasteiger charge is 2.11. The predicted molar refractivity (Wildman–Crippen MR) is 48.7 cm³/mol. The van der Waals surface area contributed by atoms with E-state index in [1.54, 1.807) is 5.38 Å². The predicted octanol–water partition coefficient (Wildman–Crippen LogP) is 0.666. The van der Waals surface area contributed by atoms with Crippen LogP contribution in [0.4, 0.5) is 5.13 Å². The van der Waals surface area contributed by atoms with Crippen molar-refractivity contribution in [1.29, 1.82) is 0 Å². The molecule has 0 aromatic carbocycles. The zero-order valence-corrected chi connectivity index (χ0v) is 7.88. The molecule has 0 aliphatic heterocycles. The second kappa shape index (κ2) is 3.73. The molecule has 0 amide bonds. The van der Waals surface area contributed by atoms with Crippen LogP contribution in [0.2, 0.25) is 0 Å². The Balaban J connectivity index is 2.70. The summed E-state index contributed by atoms with van der Waals surface area (Å²) in [5.74, 6) is 0.0342. The minimum Gasteiger partial charge on any atom is -0.493 e. The van der Waals surface area contributed by atoms with Crippen LogP contribution in [-0.2, 0) is 0 Å². The van der Waals surface area contributed by atoms with Crippen molar-refractivity contribution in [1.82, 2.24) is 4.98 Å². The van der Waals surface area contributed by atoms with Gasteiger partial charge in [0.2, 0.25) is 5.88 Å². The first-order valence-electron chi connectivity index (χ1n) is 3.63. The maximum absolute atomic E-state index is 8.97. The fourth-order valence-electron chi connectivity index (χ4n) is 0.729. The van der Waals surface area contributed by atoms with Crippen molar-refractivity contribution < 1.29 is 10.2 Å². The van der Waals surface area contributed by atoms with Gasteiger partial charge in [0.1, 0.15) is 0 Å². The molecule has 1 rings (SSSR count). The Bertz CT molecular complexity index is 251. The number of hydrogen-bond donors (Lipinski definition) is 2. The zero-order chi connectivity index (χ0) is 9.14. The van der Waals surface area contributed by atoms with Crippen LogP contribution in [0.25, 0.3) is 0 Å². The van der Waals surface area contributed by atoms with Crippen LogP contribution in [0.5, 0.6) is 5.88 Å². The summed E-state index contributed by atoms with van der Waals surface area (Å²) < 4.78 is 0. The number of aromatic nitrogens is 1. The molecular formula is C7H12N2O2S. The van der Waals surface area contributed by atoms with E-state index >= 15 is 0 Å². The number of aromatic hydroxyl groups is 1. The first kappa shape index (κ1) is 9.28. The van der Waals surface area contributed by atoms with Crippen molar-refractivity contribution in [3.8, 4) is 5.88 Å². The molecule has 1 unspecified atom stereocenters. The van der Waals surface area contributed by atoms with Crippen LogP contribution < -0.4 is 4.90 Å².